The summed E-state index contributed by atoms with van der Waals surface area (Å²) in [7, 11) is 0. The van der Waals surface area contributed by atoms with Crippen LogP contribution >= 0.6 is 0 Å². The lowest BCUT2D eigenvalue weighted by molar-refractivity contribution is -0.384. The molecule has 5 nitrogen and oxygen atoms in total. The van der Waals surface area contributed by atoms with Crippen molar-refractivity contribution in [1.82, 2.24) is 4.98 Å². The van der Waals surface area contributed by atoms with Crippen LogP contribution in [0.25, 0.3) is 10.9 Å². The van der Waals surface area contributed by atoms with Gasteiger partial charge in [-0.2, -0.15) is 0 Å². The minimum Gasteiger partial charge on any atom is -0.361 e. The third-order valence-electron chi connectivity index (χ3n) is 2.50. The number of aromatic amines is 1. The molecular formula is C11H13N3O2. The van der Waals surface area contributed by atoms with Crippen LogP contribution in [0.3, 0.4) is 0 Å². The van der Waals surface area contributed by atoms with Gasteiger partial charge in [-0.1, -0.05) is 0 Å². The Kier molecular flexibility index (Phi) is 2.62. The van der Waals surface area contributed by atoms with Crippen molar-refractivity contribution in [2.75, 3.05) is 0 Å². The number of nitrogens with zero attached hydrogens (tertiary/aromatic N) is 1. The zero-order valence-electron chi connectivity index (χ0n) is 8.93. The SMILES string of the molecule is C[C@H](N)Cc1c[nH]c2ccc([N+](=O)[O-])cc12. The fraction of sp³-hybridized carbons (Fsp3) is 0.273. The van der Waals surface area contributed by atoms with Gasteiger partial charge in [-0.05, 0) is 25.0 Å². The maximum absolute atomic E-state index is 10.7. The van der Waals surface area contributed by atoms with E-state index in [9.17, 15) is 10.1 Å². The van der Waals surface area contributed by atoms with E-state index in [2.05, 4.69) is 4.98 Å². The molecule has 0 spiro atoms. The average molecular weight is 219 g/mol. The van der Waals surface area contributed by atoms with Crippen LogP contribution in [0.1, 0.15) is 12.5 Å². The second kappa shape index (κ2) is 3.94. The standard InChI is InChI=1S/C11H13N3O2/c1-7(12)4-8-6-13-11-3-2-9(14(15)16)5-10(8)11/h2-3,5-7,13H,4,12H2,1H3/t7-/m0/s1. The van der Waals surface area contributed by atoms with Gasteiger partial charge in [0.25, 0.3) is 5.69 Å². The van der Waals surface area contributed by atoms with Gasteiger partial charge >= 0.3 is 0 Å². The molecule has 2 aromatic rings. The van der Waals surface area contributed by atoms with Crippen molar-refractivity contribution in [1.29, 1.82) is 0 Å². The Morgan fingerprint density at radius 1 is 1.56 bits per heavy atom. The zero-order chi connectivity index (χ0) is 11.7. The maximum Gasteiger partial charge on any atom is 0.270 e. The molecule has 0 aliphatic rings. The lowest BCUT2D eigenvalue weighted by atomic mass is 10.1. The quantitative estimate of drug-likeness (QED) is 0.611. The first-order valence-electron chi connectivity index (χ1n) is 5.08. The number of H-pyrrole nitrogens is 1. The highest BCUT2D eigenvalue weighted by atomic mass is 16.6. The van der Waals surface area contributed by atoms with Gasteiger partial charge in [-0.3, -0.25) is 10.1 Å². The molecule has 0 radical (unpaired) electrons. The van der Waals surface area contributed by atoms with Crippen molar-refractivity contribution in [3.05, 3.63) is 40.1 Å². The molecule has 16 heavy (non-hydrogen) atoms. The third-order valence-corrected chi connectivity index (χ3v) is 2.50. The minimum atomic E-state index is -0.387. The Labute approximate surface area is 92.4 Å². The van der Waals surface area contributed by atoms with Crippen LogP contribution in [-0.2, 0) is 6.42 Å². The van der Waals surface area contributed by atoms with Gasteiger partial charge in [0, 0.05) is 35.3 Å². The van der Waals surface area contributed by atoms with Gasteiger partial charge < -0.3 is 10.7 Å². The fourth-order valence-electron chi connectivity index (χ4n) is 1.80. The molecule has 0 aliphatic heterocycles. The van der Waals surface area contributed by atoms with Crippen molar-refractivity contribution < 1.29 is 4.92 Å². The normalized spacial score (nSPS) is 12.9. The van der Waals surface area contributed by atoms with Crippen molar-refractivity contribution in [2.45, 2.75) is 19.4 Å². The van der Waals surface area contributed by atoms with Crippen molar-refractivity contribution in [2.24, 2.45) is 5.73 Å². The highest BCUT2D eigenvalue weighted by molar-refractivity contribution is 5.85. The molecule has 1 atom stereocenters. The van der Waals surface area contributed by atoms with Crippen LogP contribution in [-0.4, -0.2) is 15.9 Å². The molecule has 5 heteroatoms. The molecule has 3 N–H and O–H groups in total. The number of fused-ring (bicyclic) bond motifs is 1. The molecule has 1 aromatic heterocycles. The Bertz CT molecular complexity index is 531. The largest absolute Gasteiger partial charge is 0.361 e. The number of nitro benzene ring substituents is 1. The van der Waals surface area contributed by atoms with Crippen LogP contribution < -0.4 is 5.73 Å². The number of nitrogens with one attached hydrogen (secondary N) is 1. The van der Waals surface area contributed by atoms with Gasteiger partial charge in [-0.15, -0.1) is 0 Å². The van der Waals surface area contributed by atoms with Crippen LogP contribution in [0.2, 0.25) is 0 Å². The van der Waals surface area contributed by atoms with E-state index >= 15 is 0 Å². The monoisotopic (exact) mass is 219 g/mol. The number of benzene rings is 1. The van der Waals surface area contributed by atoms with Crippen LogP contribution in [0.15, 0.2) is 24.4 Å². The predicted molar refractivity (Wildman–Crippen MR) is 62.3 cm³/mol. The molecule has 84 valence electrons. The maximum atomic E-state index is 10.7. The first-order chi connectivity index (χ1) is 7.58. The first kappa shape index (κ1) is 10.6. The smallest absolute Gasteiger partial charge is 0.270 e. The molecule has 0 saturated carbocycles. The summed E-state index contributed by atoms with van der Waals surface area (Å²) in [6.07, 6.45) is 2.57. The molecule has 1 heterocycles. The van der Waals surface area contributed by atoms with Gasteiger partial charge in [0.1, 0.15) is 0 Å². The van der Waals surface area contributed by atoms with Crippen LogP contribution in [0.4, 0.5) is 5.69 Å². The van der Waals surface area contributed by atoms with Gasteiger partial charge in [0.05, 0.1) is 4.92 Å². The molecule has 1 aromatic carbocycles. The molecule has 0 aliphatic carbocycles. The summed E-state index contributed by atoms with van der Waals surface area (Å²) in [4.78, 5) is 13.4. The molecular weight excluding hydrogens is 206 g/mol. The summed E-state index contributed by atoms with van der Waals surface area (Å²) in [5.74, 6) is 0. The van der Waals surface area contributed by atoms with Crippen LogP contribution in [0.5, 0.6) is 0 Å². The fourth-order valence-corrected chi connectivity index (χ4v) is 1.80. The highest BCUT2D eigenvalue weighted by Crippen LogP contribution is 2.24. The van der Waals surface area contributed by atoms with Crippen LogP contribution in [0, 0.1) is 10.1 Å². The zero-order valence-corrected chi connectivity index (χ0v) is 8.93. The number of hydrogen-bond donors (Lipinski definition) is 2. The van der Waals surface area contributed by atoms with Gasteiger partial charge in [-0.25, -0.2) is 0 Å². The minimum absolute atomic E-state index is 0.0401. The third kappa shape index (κ3) is 1.90. The van der Waals surface area contributed by atoms with E-state index in [-0.39, 0.29) is 16.7 Å². The summed E-state index contributed by atoms with van der Waals surface area (Å²) in [6, 6.07) is 4.84. The predicted octanol–water partition coefficient (Wildman–Crippen LogP) is 1.97. The van der Waals surface area contributed by atoms with Crippen molar-refractivity contribution >= 4 is 16.6 Å². The molecule has 0 amide bonds. The van der Waals surface area contributed by atoms with Gasteiger partial charge in [0.2, 0.25) is 0 Å². The summed E-state index contributed by atoms with van der Waals surface area (Å²) < 4.78 is 0. The van der Waals surface area contributed by atoms with E-state index in [4.69, 9.17) is 5.73 Å². The number of nitrogens with two attached hydrogens (primary N) is 1. The topological polar surface area (TPSA) is 85.0 Å². The number of nitro groups is 1. The Morgan fingerprint density at radius 2 is 2.31 bits per heavy atom. The molecule has 0 bridgehead atoms. The van der Waals surface area contributed by atoms with E-state index in [0.29, 0.717) is 6.42 Å². The van der Waals surface area contributed by atoms with E-state index in [1.165, 1.54) is 6.07 Å². The van der Waals surface area contributed by atoms with E-state index in [0.717, 1.165) is 16.5 Å². The summed E-state index contributed by atoms with van der Waals surface area (Å²) in [6.45, 7) is 1.91. The van der Waals surface area contributed by atoms with Gasteiger partial charge in [0.15, 0.2) is 0 Å². The molecule has 0 fully saturated rings. The van der Waals surface area contributed by atoms with E-state index in [1.807, 2.05) is 13.1 Å². The van der Waals surface area contributed by atoms with Crippen molar-refractivity contribution in [3.63, 3.8) is 0 Å². The number of aromatic nitrogens is 1. The average Bonchev–Trinajstić information content (AvgIpc) is 2.60. The van der Waals surface area contributed by atoms with Crippen molar-refractivity contribution in [3.8, 4) is 0 Å². The molecule has 0 saturated heterocycles. The van der Waals surface area contributed by atoms with E-state index in [1.54, 1.807) is 12.1 Å². The highest BCUT2D eigenvalue weighted by Gasteiger charge is 2.11. The first-order valence-corrected chi connectivity index (χ1v) is 5.08. The Balaban J connectivity index is 2.51. The molecule has 2 rings (SSSR count). The number of rotatable bonds is 3. The number of hydrogen-bond acceptors (Lipinski definition) is 3. The molecule has 0 unspecified atom stereocenters. The summed E-state index contributed by atoms with van der Waals surface area (Å²) in [5.41, 5.74) is 7.76. The second-order valence-electron chi connectivity index (χ2n) is 3.98. The summed E-state index contributed by atoms with van der Waals surface area (Å²) >= 11 is 0. The Hall–Kier alpha value is -1.88. The van der Waals surface area contributed by atoms with E-state index < -0.39 is 0 Å². The second-order valence-corrected chi connectivity index (χ2v) is 3.98. The lowest BCUT2D eigenvalue weighted by Gasteiger charge is -2.02. The summed E-state index contributed by atoms with van der Waals surface area (Å²) in [5, 5.41) is 11.6. The lowest BCUT2D eigenvalue weighted by Crippen LogP contribution is -2.17. The Morgan fingerprint density at radius 3 is 2.94 bits per heavy atom. The number of non-ortho nitro benzene ring substituents is 1.